The third-order valence-corrected chi connectivity index (χ3v) is 5.78. The Morgan fingerprint density at radius 3 is 2.35 bits per heavy atom. The van der Waals surface area contributed by atoms with Crippen LogP contribution in [0.4, 0.5) is 4.39 Å². The molecule has 0 saturated heterocycles. The van der Waals surface area contributed by atoms with Crippen molar-refractivity contribution in [3.63, 3.8) is 0 Å². The summed E-state index contributed by atoms with van der Waals surface area (Å²) in [5, 5.41) is 2.40. The number of para-hydroxylation sites is 1. The second-order valence-electron chi connectivity index (χ2n) is 7.71. The lowest BCUT2D eigenvalue weighted by atomic mass is 10.1. The van der Waals surface area contributed by atoms with Crippen LogP contribution >= 0.6 is 0 Å². The van der Waals surface area contributed by atoms with Crippen molar-refractivity contribution in [1.29, 1.82) is 0 Å². The topological polar surface area (TPSA) is 24.8 Å². The standard InChI is InChI=1S/C26H19FN3.ClH/c1-17-6-8-18(9-7-17)25-26-24-22(21-4-2-3-5-23(21)28-24)14-15-29(26)16-30(25)20-12-10-19(27)11-13-20;/h2-16,28H,1H3;1H/q+1;/p-1. The first-order valence-corrected chi connectivity index (χ1v) is 9.98. The minimum atomic E-state index is -0.238. The van der Waals surface area contributed by atoms with Gasteiger partial charge in [0.1, 0.15) is 11.5 Å². The summed E-state index contributed by atoms with van der Waals surface area (Å²) in [6.45, 7) is 2.09. The fraction of sp³-hybridized carbons (Fsp3) is 0.0385. The molecule has 31 heavy (non-hydrogen) atoms. The fourth-order valence-electron chi connectivity index (χ4n) is 4.30. The monoisotopic (exact) mass is 427 g/mol. The van der Waals surface area contributed by atoms with Crippen LogP contribution in [0.15, 0.2) is 91.4 Å². The largest absolute Gasteiger partial charge is 1.00 e. The van der Waals surface area contributed by atoms with Gasteiger partial charge in [-0.3, -0.25) is 0 Å². The average molecular weight is 428 g/mol. The number of aryl methyl sites for hydroxylation is 1. The van der Waals surface area contributed by atoms with Crippen LogP contribution in [0.2, 0.25) is 0 Å². The summed E-state index contributed by atoms with van der Waals surface area (Å²) in [7, 11) is 0. The molecule has 1 N–H and O–H groups in total. The quantitative estimate of drug-likeness (QED) is 0.411. The van der Waals surface area contributed by atoms with Crippen molar-refractivity contribution in [2.24, 2.45) is 0 Å². The maximum Gasteiger partial charge on any atom is 0.254 e. The Kier molecular flexibility index (Phi) is 4.53. The number of benzene rings is 3. The van der Waals surface area contributed by atoms with E-state index in [9.17, 15) is 4.39 Å². The third kappa shape index (κ3) is 2.99. The minimum absolute atomic E-state index is 0. The lowest BCUT2D eigenvalue weighted by Gasteiger charge is -2.03. The highest BCUT2D eigenvalue weighted by Crippen LogP contribution is 2.33. The number of aromatic amines is 1. The van der Waals surface area contributed by atoms with Gasteiger partial charge in [-0.1, -0.05) is 48.0 Å². The Balaban J connectivity index is 0.00000204. The first kappa shape index (κ1) is 19.3. The van der Waals surface area contributed by atoms with Gasteiger partial charge in [0.05, 0.1) is 11.7 Å². The van der Waals surface area contributed by atoms with Gasteiger partial charge in [0.2, 0.25) is 5.52 Å². The SMILES string of the molecule is Cc1ccc(-c2c3c4[nH]c5ccccc5c4cc[n+]3cn2-c2ccc(F)cc2)cc1.[Cl-]. The van der Waals surface area contributed by atoms with Crippen LogP contribution in [-0.4, -0.2) is 9.55 Å². The van der Waals surface area contributed by atoms with E-state index in [2.05, 4.69) is 81.9 Å². The molecule has 0 amide bonds. The van der Waals surface area contributed by atoms with Crippen LogP contribution < -0.4 is 16.8 Å². The molecule has 0 aliphatic heterocycles. The zero-order chi connectivity index (χ0) is 20.2. The summed E-state index contributed by atoms with van der Waals surface area (Å²) in [6.07, 6.45) is 4.15. The summed E-state index contributed by atoms with van der Waals surface area (Å²) in [5.41, 5.74) is 7.61. The van der Waals surface area contributed by atoms with Crippen molar-refractivity contribution in [2.45, 2.75) is 6.92 Å². The first-order chi connectivity index (χ1) is 14.7. The second kappa shape index (κ2) is 7.25. The molecule has 0 spiro atoms. The molecule has 3 heterocycles. The average Bonchev–Trinajstić information content (AvgIpc) is 3.33. The Morgan fingerprint density at radius 1 is 0.839 bits per heavy atom. The second-order valence-corrected chi connectivity index (χ2v) is 7.71. The smallest absolute Gasteiger partial charge is 0.254 e. The highest BCUT2D eigenvalue weighted by molar-refractivity contribution is 6.13. The number of nitrogens with one attached hydrogen (secondary N) is 1. The van der Waals surface area contributed by atoms with E-state index in [-0.39, 0.29) is 18.2 Å². The van der Waals surface area contributed by atoms with Gasteiger partial charge in [-0.05, 0) is 43.3 Å². The number of aromatic nitrogens is 3. The van der Waals surface area contributed by atoms with E-state index < -0.39 is 0 Å². The van der Waals surface area contributed by atoms with Crippen LogP contribution in [0.5, 0.6) is 0 Å². The molecule has 0 unspecified atom stereocenters. The number of rotatable bonds is 2. The number of imidazole rings is 1. The molecule has 3 aromatic carbocycles. The lowest BCUT2D eigenvalue weighted by Crippen LogP contribution is -3.00. The fourth-order valence-corrected chi connectivity index (χ4v) is 4.30. The van der Waals surface area contributed by atoms with Crippen molar-refractivity contribution in [1.82, 2.24) is 9.55 Å². The zero-order valence-corrected chi connectivity index (χ0v) is 17.6. The highest BCUT2D eigenvalue weighted by Gasteiger charge is 2.24. The van der Waals surface area contributed by atoms with Crippen molar-refractivity contribution in [3.8, 4) is 16.9 Å². The van der Waals surface area contributed by atoms with Gasteiger partial charge in [-0.2, -0.15) is 8.97 Å². The normalized spacial score (nSPS) is 11.3. The molecule has 0 aliphatic rings. The van der Waals surface area contributed by atoms with Gasteiger partial charge in [0.25, 0.3) is 6.33 Å². The molecule has 0 fully saturated rings. The maximum absolute atomic E-state index is 13.6. The highest BCUT2D eigenvalue weighted by atomic mass is 35.5. The van der Waals surface area contributed by atoms with E-state index in [1.165, 1.54) is 28.5 Å². The van der Waals surface area contributed by atoms with Crippen molar-refractivity contribution < 1.29 is 21.2 Å². The van der Waals surface area contributed by atoms with Gasteiger partial charge >= 0.3 is 0 Å². The van der Waals surface area contributed by atoms with Crippen molar-refractivity contribution in [2.75, 3.05) is 0 Å². The van der Waals surface area contributed by atoms with E-state index >= 15 is 0 Å². The first-order valence-electron chi connectivity index (χ1n) is 9.98. The van der Waals surface area contributed by atoms with Crippen LogP contribution in [0.3, 0.4) is 0 Å². The van der Waals surface area contributed by atoms with Crippen molar-refractivity contribution >= 4 is 27.3 Å². The van der Waals surface area contributed by atoms with Gasteiger partial charge in [-0.25, -0.2) is 4.39 Å². The summed E-state index contributed by atoms with van der Waals surface area (Å²) in [6, 6.07) is 25.7. The van der Waals surface area contributed by atoms with Crippen LogP contribution in [-0.2, 0) is 0 Å². The van der Waals surface area contributed by atoms with E-state index in [4.69, 9.17) is 0 Å². The maximum atomic E-state index is 13.6. The molecule has 3 aromatic heterocycles. The van der Waals surface area contributed by atoms with Gasteiger partial charge in [-0.15, -0.1) is 0 Å². The Bertz CT molecular complexity index is 1540. The Labute approximate surface area is 184 Å². The van der Waals surface area contributed by atoms with Gasteiger partial charge in [0, 0.05) is 21.9 Å². The van der Waals surface area contributed by atoms with Gasteiger partial charge in [0.15, 0.2) is 5.69 Å². The molecule has 0 aliphatic carbocycles. The van der Waals surface area contributed by atoms with Crippen LogP contribution in [0.25, 0.3) is 44.3 Å². The number of H-pyrrole nitrogens is 1. The molecule has 5 heteroatoms. The molecule has 6 aromatic rings. The minimum Gasteiger partial charge on any atom is -1.00 e. The van der Waals surface area contributed by atoms with E-state index in [0.29, 0.717) is 0 Å². The number of fused-ring (bicyclic) bond motifs is 5. The molecule has 0 saturated carbocycles. The molecule has 0 atom stereocenters. The van der Waals surface area contributed by atoms with Crippen LogP contribution in [0.1, 0.15) is 5.56 Å². The molecule has 6 rings (SSSR count). The molecular formula is C26H19ClFN3. The Morgan fingerprint density at radius 2 is 1.58 bits per heavy atom. The Hall–Kier alpha value is -3.63. The predicted molar refractivity (Wildman–Crippen MR) is 118 cm³/mol. The number of hydrogen-bond acceptors (Lipinski definition) is 0. The number of pyridine rings is 1. The zero-order valence-electron chi connectivity index (χ0n) is 16.8. The van der Waals surface area contributed by atoms with E-state index in [1.54, 1.807) is 0 Å². The van der Waals surface area contributed by atoms with Gasteiger partial charge < -0.3 is 17.4 Å². The number of nitrogens with zero attached hydrogens (tertiary/aromatic N) is 2. The summed E-state index contributed by atoms with van der Waals surface area (Å²) >= 11 is 0. The molecule has 0 radical (unpaired) electrons. The van der Waals surface area contributed by atoms with E-state index in [1.807, 2.05) is 18.2 Å². The third-order valence-electron chi connectivity index (χ3n) is 5.78. The van der Waals surface area contributed by atoms with E-state index in [0.717, 1.165) is 33.5 Å². The summed E-state index contributed by atoms with van der Waals surface area (Å²) in [4.78, 5) is 3.62. The van der Waals surface area contributed by atoms with Crippen molar-refractivity contribution in [3.05, 3.63) is 103 Å². The molecule has 0 bridgehead atoms. The summed E-state index contributed by atoms with van der Waals surface area (Å²) < 4.78 is 17.8. The van der Waals surface area contributed by atoms with Crippen LogP contribution in [0, 0.1) is 12.7 Å². The predicted octanol–water partition coefficient (Wildman–Crippen LogP) is 2.97. The lowest BCUT2D eigenvalue weighted by molar-refractivity contribution is -0.510. The summed E-state index contributed by atoms with van der Waals surface area (Å²) in [5.74, 6) is -0.238. The molecule has 152 valence electrons. The molecule has 3 nitrogen and oxygen atoms in total. The number of hydrogen-bond donors (Lipinski definition) is 1. The number of halogens is 2. The molecular weight excluding hydrogens is 409 g/mol.